The van der Waals surface area contributed by atoms with E-state index in [9.17, 15) is 13.6 Å². The van der Waals surface area contributed by atoms with Crippen molar-refractivity contribution >= 4 is 5.88 Å². The van der Waals surface area contributed by atoms with Crippen LogP contribution in [0.3, 0.4) is 0 Å². The Morgan fingerprint density at radius 2 is 2.24 bits per heavy atom. The zero-order chi connectivity index (χ0) is 15.0. The van der Waals surface area contributed by atoms with E-state index in [4.69, 9.17) is 4.42 Å². The first-order valence-electron chi connectivity index (χ1n) is 7.51. The van der Waals surface area contributed by atoms with Gasteiger partial charge in [-0.3, -0.25) is 0 Å². The molecule has 0 bridgehead atoms. The summed E-state index contributed by atoms with van der Waals surface area (Å²) in [5.41, 5.74) is 1.13. The molecule has 1 unspecified atom stereocenters. The summed E-state index contributed by atoms with van der Waals surface area (Å²) in [4.78, 5) is 12.7. The Hall–Kier alpha value is -1.43. The number of nitrogens with one attached hydrogen (secondary N) is 1. The summed E-state index contributed by atoms with van der Waals surface area (Å²) in [7, 11) is 0. The van der Waals surface area contributed by atoms with E-state index in [-0.39, 0.29) is 6.67 Å². The second-order valence-electron chi connectivity index (χ2n) is 5.97. The highest BCUT2D eigenvalue weighted by molar-refractivity contribution is 5.49. The fraction of sp³-hybridized carbons (Fsp3) is 0.667. The van der Waals surface area contributed by atoms with Crippen molar-refractivity contribution in [2.45, 2.75) is 51.6 Å². The molecule has 0 radical (unpaired) electrons. The van der Waals surface area contributed by atoms with Gasteiger partial charge < -0.3 is 9.73 Å². The van der Waals surface area contributed by atoms with Gasteiger partial charge in [0.1, 0.15) is 0 Å². The van der Waals surface area contributed by atoms with Gasteiger partial charge in [0.2, 0.25) is 5.88 Å². The third kappa shape index (κ3) is 3.10. The van der Waals surface area contributed by atoms with Crippen molar-refractivity contribution in [2.24, 2.45) is 5.92 Å². The molecule has 1 saturated carbocycles. The lowest BCUT2D eigenvalue weighted by Gasteiger charge is -2.35. The van der Waals surface area contributed by atoms with Crippen molar-refractivity contribution in [3.8, 4) is 0 Å². The fourth-order valence-electron chi connectivity index (χ4n) is 3.04. The maximum atomic E-state index is 13.0. The van der Waals surface area contributed by atoms with Crippen LogP contribution in [-0.2, 0) is 6.42 Å². The number of alkyl halides is 2. The van der Waals surface area contributed by atoms with E-state index in [1.807, 2.05) is 0 Å². The van der Waals surface area contributed by atoms with Gasteiger partial charge in [0.05, 0.1) is 6.67 Å². The van der Waals surface area contributed by atoms with Gasteiger partial charge in [-0.05, 0) is 31.2 Å². The Morgan fingerprint density at radius 1 is 1.48 bits per heavy atom. The van der Waals surface area contributed by atoms with Gasteiger partial charge in [-0.1, -0.05) is 19.3 Å². The minimum atomic E-state index is -2.54. The van der Waals surface area contributed by atoms with Crippen LogP contribution < -0.4 is 10.9 Å². The molecule has 1 atom stereocenters. The summed E-state index contributed by atoms with van der Waals surface area (Å²) in [5, 5.41) is 2.80. The summed E-state index contributed by atoms with van der Waals surface area (Å²) in [5.74, 6) is 1.18. The van der Waals surface area contributed by atoms with Gasteiger partial charge in [-0.15, -0.1) is 0 Å². The number of anilines is 1. The monoisotopic (exact) mass is 298 g/mol. The third-order valence-electron chi connectivity index (χ3n) is 4.43. The molecule has 1 aromatic heterocycles. The van der Waals surface area contributed by atoms with Gasteiger partial charge in [-0.2, -0.15) is 8.78 Å². The standard InChI is InChI=1S/C15H20F2N2O2/c1-9-13-11(4-2-3-10-5-6-10)7-12(20)21-14(13)18-8-19(9)15(16)17/h7,9-10,15,18H,2-6,8H2,1H3. The highest BCUT2D eigenvalue weighted by Gasteiger charge is 2.33. The molecule has 1 fully saturated rings. The van der Waals surface area contributed by atoms with Crippen molar-refractivity contribution in [2.75, 3.05) is 12.0 Å². The number of rotatable bonds is 5. The first-order valence-corrected chi connectivity index (χ1v) is 7.51. The molecule has 2 aliphatic rings. The molecule has 1 aliphatic carbocycles. The van der Waals surface area contributed by atoms with Gasteiger partial charge in [0, 0.05) is 17.7 Å². The number of hydrogen-bond donors (Lipinski definition) is 1. The molecule has 0 spiro atoms. The SMILES string of the molecule is CC1c2c(CCCC3CC3)cc(=O)oc2NCN1C(F)F. The summed E-state index contributed by atoms with van der Waals surface area (Å²) in [6, 6.07) is 1.00. The second-order valence-corrected chi connectivity index (χ2v) is 5.97. The van der Waals surface area contributed by atoms with Crippen LogP contribution in [0.4, 0.5) is 14.7 Å². The molecule has 1 aliphatic heterocycles. The smallest absolute Gasteiger partial charge is 0.337 e. The fourth-order valence-corrected chi connectivity index (χ4v) is 3.04. The van der Waals surface area contributed by atoms with E-state index in [1.165, 1.54) is 18.9 Å². The minimum absolute atomic E-state index is 0.0136. The van der Waals surface area contributed by atoms with Gasteiger partial charge in [-0.25, -0.2) is 9.69 Å². The van der Waals surface area contributed by atoms with Crippen LogP contribution in [0, 0.1) is 5.92 Å². The average Bonchev–Trinajstić information content (AvgIpc) is 3.22. The Kier molecular flexibility index (Phi) is 3.97. The van der Waals surface area contributed by atoms with Crippen molar-refractivity contribution in [3.63, 3.8) is 0 Å². The Balaban J connectivity index is 1.84. The normalized spacial score (nSPS) is 22.2. The summed E-state index contributed by atoms with van der Waals surface area (Å²) in [6.45, 7) is -0.817. The van der Waals surface area contributed by atoms with Crippen LogP contribution in [0.5, 0.6) is 0 Å². The molecule has 4 nitrogen and oxygen atoms in total. The Labute approximate surface area is 122 Å². The lowest BCUT2D eigenvalue weighted by Crippen LogP contribution is -2.41. The molecule has 0 saturated heterocycles. The lowest BCUT2D eigenvalue weighted by atomic mass is 9.96. The molecule has 6 heteroatoms. The van der Waals surface area contributed by atoms with Crippen molar-refractivity contribution in [1.29, 1.82) is 0 Å². The van der Waals surface area contributed by atoms with Crippen molar-refractivity contribution < 1.29 is 13.2 Å². The molecule has 21 heavy (non-hydrogen) atoms. The number of hydrogen-bond acceptors (Lipinski definition) is 4. The van der Waals surface area contributed by atoms with Crippen LogP contribution in [0.15, 0.2) is 15.3 Å². The number of nitrogens with zero attached hydrogens (tertiary/aromatic N) is 1. The largest absolute Gasteiger partial charge is 0.406 e. The molecule has 1 aromatic rings. The minimum Gasteiger partial charge on any atom is -0.406 e. The number of halogens is 2. The molecule has 2 heterocycles. The van der Waals surface area contributed by atoms with E-state index in [1.54, 1.807) is 6.92 Å². The highest BCUT2D eigenvalue weighted by Crippen LogP contribution is 2.37. The molecular formula is C15H20F2N2O2. The molecule has 3 rings (SSSR count). The molecule has 0 amide bonds. The average molecular weight is 298 g/mol. The molecule has 116 valence electrons. The van der Waals surface area contributed by atoms with E-state index in [2.05, 4.69) is 5.32 Å². The van der Waals surface area contributed by atoms with Crippen LogP contribution in [0.2, 0.25) is 0 Å². The van der Waals surface area contributed by atoms with Crippen LogP contribution in [-0.4, -0.2) is 18.1 Å². The molecular weight excluding hydrogens is 278 g/mol. The number of aryl methyl sites for hydroxylation is 1. The van der Waals surface area contributed by atoms with E-state index >= 15 is 0 Å². The summed E-state index contributed by atoms with van der Waals surface area (Å²) < 4.78 is 31.2. The third-order valence-corrected chi connectivity index (χ3v) is 4.43. The van der Waals surface area contributed by atoms with Crippen molar-refractivity contribution in [3.05, 3.63) is 27.6 Å². The molecule has 0 aromatic carbocycles. The van der Waals surface area contributed by atoms with Gasteiger partial charge in [0.15, 0.2) is 0 Å². The highest BCUT2D eigenvalue weighted by atomic mass is 19.3. The quantitative estimate of drug-likeness (QED) is 0.847. The predicted molar refractivity (Wildman–Crippen MR) is 75.4 cm³/mol. The zero-order valence-corrected chi connectivity index (χ0v) is 12.1. The number of fused-ring (bicyclic) bond motifs is 1. The van der Waals surface area contributed by atoms with E-state index in [0.29, 0.717) is 11.4 Å². The van der Waals surface area contributed by atoms with E-state index < -0.39 is 18.2 Å². The maximum Gasteiger partial charge on any atom is 0.337 e. The maximum absolute atomic E-state index is 13.0. The second kappa shape index (κ2) is 5.75. The van der Waals surface area contributed by atoms with Crippen LogP contribution in [0.25, 0.3) is 0 Å². The summed E-state index contributed by atoms with van der Waals surface area (Å²) in [6.07, 6.45) is 5.48. The Bertz CT molecular complexity index is 569. The predicted octanol–water partition coefficient (Wildman–Crippen LogP) is 3.34. The lowest BCUT2D eigenvalue weighted by molar-refractivity contribution is -0.0497. The van der Waals surface area contributed by atoms with Crippen LogP contribution in [0.1, 0.15) is 49.8 Å². The van der Waals surface area contributed by atoms with Gasteiger partial charge in [0.25, 0.3) is 6.55 Å². The first kappa shape index (κ1) is 14.5. The summed E-state index contributed by atoms with van der Waals surface area (Å²) >= 11 is 0. The van der Waals surface area contributed by atoms with Gasteiger partial charge >= 0.3 is 5.63 Å². The Morgan fingerprint density at radius 3 is 2.90 bits per heavy atom. The molecule has 1 N–H and O–H groups in total. The topological polar surface area (TPSA) is 45.5 Å². The zero-order valence-electron chi connectivity index (χ0n) is 12.1. The van der Waals surface area contributed by atoms with Crippen LogP contribution >= 0.6 is 0 Å². The first-order chi connectivity index (χ1) is 10.1. The van der Waals surface area contributed by atoms with E-state index in [0.717, 1.165) is 35.6 Å². The van der Waals surface area contributed by atoms with Crippen molar-refractivity contribution in [1.82, 2.24) is 4.90 Å².